The van der Waals surface area contributed by atoms with Crippen LogP contribution < -0.4 is 10.1 Å². The fourth-order valence-corrected chi connectivity index (χ4v) is 3.54. The number of rotatable bonds is 7. The predicted molar refractivity (Wildman–Crippen MR) is 104 cm³/mol. The lowest BCUT2D eigenvalue weighted by Gasteiger charge is -2.09. The van der Waals surface area contributed by atoms with Crippen molar-refractivity contribution in [3.05, 3.63) is 48.8 Å². The number of pyridine rings is 1. The molecule has 0 radical (unpaired) electrons. The minimum atomic E-state index is -0.0824. The van der Waals surface area contributed by atoms with Gasteiger partial charge in [0.1, 0.15) is 5.75 Å². The van der Waals surface area contributed by atoms with Gasteiger partial charge in [-0.05, 0) is 49.2 Å². The summed E-state index contributed by atoms with van der Waals surface area (Å²) in [6.07, 6.45) is 5.72. The molecule has 0 unspecified atom stereocenters. The molecule has 0 spiro atoms. The molecule has 1 N–H and O–H groups in total. The number of methoxy groups -OCH3 is 1. The fraction of sp³-hybridized carbons (Fsp3) is 0.263. The van der Waals surface area contributed by atoms with Gasteiger partial charge in [0.25, 0.3) is 0 Å². The first-order chi connectivity index (χ1) is 13.2. The highest BCUT2D eigenvalue weighted by Gasteiger charge is 2.30. The number of benzene rings is 1. The third-order valence-electron chi connectivity index (χ3n) is 4.22. The number of aromatic nitrogens is 4. The molecule has 27 heavy (non-hydrogen) atoms. The van der Waals surface area contributed by atoms with Crippen molar-refractivity contribution >= 4 is 23.4 Å². The Morgan fingerprint density at radius 3 is 2.59 bits per heavy atom. The van der Waals surface area contributed by atoms with Gasteiger partial charge in [0.2, 0.25) is 5.91 Å². The minimum absolute atomic E-state index is 0.0824. The first-order valence-electron chi connectivity index (χ1n) is 8.66. The molecule has 0 atom stereocenters. The summed E-state index contributed by atoms with van der Waals surface area (Å²) in [6, 6.07) is 11.5. The number of carbonyl (C=O) groups excluding carboxylic acids is 1. The van der Waals surface area contributed by atoms with E-state index < -0.39 is 0 Å². The molecule has 2 heterocycles. The summed E-state index contributed by atoms with van der Waals surface area (Å²) in [5, 5.41) is 12.3. The van der Waals surface area contributed by atoms with Crippen LogP contribution in [0.15, 0.2) is 53.9 Å². The SMILES string of the molecule is COc1ccc(NC(=O)CSc2nnc(-c3ccncc3)n2C2CC2)cc1. The summed E-state index contributed by atoms with van der Waals surface area (Å²) >= 11 is 1.40. The molecular weight excluding hydrogens is 362 g/mol. The van der Waals surface area contributed by atoms with E-state index in [4.69, 9.17) is 4.74 Å². The van der Waals surface area contributed by atoms with Gasteiger partial charge in [0, 0.05) is 29.7 Å². The van der Waals surface area contributed by atoms with Crippen LogP contribution in [0, 0.1) is 0 Å². The first-order valence-corrected chi connectivity index (χ1v) is 9.65. The van der Waals surface area contributed by atoms with Crippen molar-refractivity contribution < 1.29 is 9.53 Å². The monoisotopic (exact) mass is 381 g/mol. The van der Waals surface area contributed by atoms with Gasteiger partial charge in [-0.3, -0.25) is 14.3 Å². The maximum Gasteiger partial charge on any atom is 0.234 e. The summed E-state index contributed by atoms with van der Waals surface area (Å²) in [6.45, 7) is 0. The van der Waals surface area contributed by atoms with Crippen LogP contribution in [0.4, 0.5) is 5.69 Å². The molecule has 4 rings (SSSR count). The van der Waals surface area contributed by atoms with Crippen LogP contribution in [0.5, 0.6) is 5.75 Å². The molecule has 1 aliphatic carbocycles. The number of thioether (sulfide) groups is 1. The average Bonchev–Trinajstić information content (AvgIpc) is 3.46. The molecule has 0 saturated heterocycles. The number of amides is 1. The van der Waals surface area contributed by atoms with Crippen molar-refractivity contribution in [1.82, 2.24) is 19.7 Å². The van der Waals surface area contributed by atoms with Gasteiger partial charge in [-0.1, -0.05) is 11.8 Å². The third-order valence-corrected chi connectivity index (χ3v) is 5.16. The van der Waals surface area contributed by atoms with Crippen LogP contribution in [0.2, 0.25) is 0 Å². The maximum absolute atomic E-state index is 12.3. The van der Waals surface area contributed by atoms with Crippen molar-refractivity contribution in [1.29, 1.82) is 0 Å². The summed E-state index contributed by atoms with van der Waals surface area (Å²) in [5.74, 6) is 1.77. The average molecular weight is 381 g/mol. The molecule has 1 fully saturated rings. The summed E-state index contributed by atoms with van der Waals surface area (Å²) < 4.78 is 7.26. The Morgan fingerprint density at radius 1 is 1.19 bits per heavy atom. The van der Waals surface area contributed by atoms with Gasteiger partial charge in [0.15, 0.2) is 11.0 Å². The Bertz CT molecular complexity index is 923. The Labute approximate surface area is 161 Å². The molecule has 1 amide bonds. The fourth-order valence-electron chi connectivity index (χ4n) is 2.74. The van der Waals surface area contributed by atoms with Crippen LogP contribution in [0.3, 0.4) is 0 Å². The van der Waals surface area contributed by atoms with Gasteiger partial charge >= 0.3 is 0 Å². The smallest absolute Gasteiger partial charge is 0.234 e. The molecule has 0 bridgehead atoms. The largest absolute Gasteiger partial charge is 0.497 e. The van der Waals surface area contributed by atoms with E-state index in [-0.39, 0.29) is 11.7 Å². The van der Waals surface area contributed by atoms with Crippen molar-refractivity contribution in [3.8, 4) is 17.1 Å². The number of carbonyl (C=O) groups is 1. The lowest BCUT2D eigenvalue weighted by molar-refractivity contribution is -0.113. The molecule has 7 nitrogen and oxygen atoms in total. The third kappa shape index (κ3) is 4.11. The molecule has 2 aromatic heterocycles. The summed E-state index contributed by atoms with van der Waals surface area (Å²) in [5.41, 5.74) is 1.72. The van der Waals surface area contributed by atoms with Gasteiger partial charge in [-0.25, -0.2) is 0 Å². The van der Waals surface area contributed by atoms with E-state index in [2.05, 4.69) is 25.1 Å². The van der Waals surface area contributed by atoms with E-state index in [0.29, 0.717) is 6.04 Å². The highest BCUT2D eigenvalue weighted by Crippen LogP contribution is 2.40. The molecule has 138 valence electrons. The second kappa shape index (κ2) is 7.79. The first kappa shape index (κ1) is 17.5. The number of hydrogen-bond acceptors (Lipinski definition) is 6. The number of anilines is 1. The van der Waals surface area contributed by atoms with E-state index in [1.165, 1.54) is 11.8 Å². The molecule has 1 saturated carbocycles. The lowest BCUT2D eigenvalue weighted by Crippen LogP contribution is -2.14. The number of nitrogens with zero attached hydrogens (tertiary/aromatic N) is 4. The minimum Gasteiger partial charge on any atom is -0.497 e. The molecule has 0 aliphatic heterocycles. The van der Waals surface area contributed by atoms with Crippen molar-refractivity contribution in [3.63, 3.8) is 0 Å². The van der Waals surface area contributed by atoms with Crippen LogP contribution in [-0.4, -0.2) is 38.5 Å². The number of ether oxygens (including phenoxy) is 1. The zero-order chi connectivity index (χ0) is 18.6. The molecule has 3 aromatic rings. The topological polar surface area (TPSA) is 81.9 Å². The number of nitrogens with one attached hydrogen (secondary N) is 1. The van der Waals surface area contributed by atoms with Gasteiger partial charge in [-0.2, -0.15) is 0 Å². The zero-order valence-corrected chi connectivity index (χ0v) is 15.6. The molecule has 8 heteroatoms. The van der Waals surface area contributed by atoms with Crippen LogP contribution in [0.25, 0.3) is 11.4 Å². The van der Waals surface area contributed by atoms with Crippen molar-refractivity contribution in [2.75, 3.05) is 18.2 Å². The van der Waals surface area contributed by atoms with Crippen molar-refractivity contribution in [2.24, 2.45) is 0 Å². The summed E-state index contributed by atoms with van der Waals surface area (Å²) in [4.78, 5) is 16.3. The quantitative estimate of drug-likeness (QED) is 0.632. The number of hydrogen-bond donors (Lipinski definition) is 1. The Balaban J connectivity index is 1.43. The van der Waals surface area contributed by atoms with E-state index >= 15 is 0 Å². The van der Waals surface area contributed by atoms with Crippen LogP contribution in [-0.2, 0) is 4.79 Å². The van der Waals surface area contributed by atoms with Gasteiger partial charge in [-0.15, -0.1) is 10.2 Å². The van der Waals surface area contributed by atoms with E-state index in [1.54, 1.807) is 19.5 Å². The van der Waals surface area contributed by atoms with Crippen LogP contribution in [0.1, 0.15) is 18.9 Å². The van der Waals surface area contributed by atoms with E-state index in [0.717, 1.165) is 40.8 Å². The standard InChI is InChI=1S/C19H19N5O2S/c1-26-16-6-2-14(3-7-16)21-17(25)12-27-19-23-22-18(24(19)15-4-5-15)13-8-10-20-11-9-13/h2-3,6-11,15H,4-5,12H2,1H3,(H,21,25). The normalized spacial score (nSPS) is 13.4. The second-order valence-electron chi connectivity index (χ2n) is 6.21. The zero-order valence-electron chi connectivity index (χ0n) is 14.8. The molecule has 1 aliphatic rings. The molecule has 1 aromatic carbocycles. The maximum atomic E-state index is 12.3. The summed E-state index contributed by atoms with van der Waals surface area (Å²) in [7, 11) is 1.61. The molecular formula is C19H19N5O2S. The second-order valence-corrected chi connectivity index (χ2v) is 7.15. The Morgan fingerprint density at radius 2 is 1.93 bits per heavy atom. The predicted octanol–water partition coefficient (Wildman–Crippen LogP) is 3.41. The Hall–Kier alpha value is -2.87. The Kier molecular flexibility index (Phi) is 5.06. The highest BCUT2D eigenvalue weighted by molar-refractivity contribution is 7.99. The van der Waals surface area contributed by atoms with Gasteiger partial charge in [0.05, 0.1) is 12.9 Å². The van der Waals surface area contributed by atoms with Gasteiger partial charge < -0.3 is 10.1 Å². The van der Waals surface area contributed by atoms with Crippen LogP contribution >= 0.6 is 11.8 Å². The van der Waals surface area contributed by atoms with E-state index in [9.17, 15) is 4.79 Å². The lowest BCUT2D eigenvalue weighted by atomic mass is 10.2. The highest BCUT2D eigenvalue weighted by atomic mass is 32.2. The van der Waals surface area contributed by atoms with Crippen molar-refractivity contribution in [2.45, 2.75) is 24.0 Å². The van der Waals surface area contributed by atoms with E-state index in [1.807, 2.05) is 36.4 Å².